The Balaban J connectivity index is 0.000000267. The van der Waals surface area contributed by atoms with E-state index in [1.165, 1.54) is 24.3 Å². The van der Waals surface area contributed by atoms with Crippen molar-refractivity contribution in [2.75, 3.05) is 0 Å². The van der Waals surface area contributed by atoms with Gasteiger partial charge in [-0.3, -0.25) is 0 Å². The first-order valence-corrected chi connectivity index (χ1v) is 11.3. The number of hydrogen-bond acceptors (Lipinski definition) is 4. The Morgan fingerprint density at radius 2 is 0.667 bits per heavy atom. The van der Waals surface area contributed by atoms with E-state index in [2.05, 4.69) is 0 Å². The third-order valence-electron chi connectivity index (χ3n) is 5.73. The van der Waals surface area contributed by atoms with Crippen molar-refractivity contribution in [2.24, 2.45) is 0 Å². The Kier molecular flexibility index (Phi) is 10.6. The molecule has 8 nitrogen and oxygen atoms in total. The Morgan fingerprint density at radius 1 is 0.410 bits per heavy atom. The average Bonchev–Trinajstić information content (AvgIpc) is 2.89. The molecule has 9 heteroatoms. The van der Waals surface area contributed by atoms with E-state index in [1.807, 2.05) is 62.4 Å². The van der Waals surface area contributed by atoms with Gasteiger partial charge in [0.2, 0.25) is 0 Å². The van der Waals surface area contributed by atoms with Crippen LogP contribution < -0.4 is 0 Å². The van der Waals surface area contributed by atoms with Gasteiger partial charge in [-0.15, -0.1) is 0 Å². The molecule has 0 aliphatic heterocycles. The molecule has 0 saturated heterocycles. The Hall–Kier alpha value is -4.36. The quantitative estimate of drug-likeness (QED) is 0.206. The number of aromatic carboxylic acids is 4. The minimum Gasteiger partial charge on any atom is -0.478 e. The van der Waals surface area contributed by atoms with Gasteiger partial charge in [0, 0.05) is 26.2 Å². The van der Waals surface area contributed by atoms with Crippen LogP contribution in [0.25, 0.3) is 22.3 Å². The minimum atomic E-state index is -1.24. The second-order valence-corrected chi connectivity index (χ2v) is 8.47. The second-order valence-electron chi connectivity index (χ2n) is 8.47. The topological polar surface area (TPSA) is 149 Å². The number of carbonyl (C=O) groups is 4. The Morgan fingerprint density at radius 3 is 0.923 bits per heavy atom. The summed E-state index contributed by atoms with van der Waals surface area (Å²) in [6, 6.07) is 23.8. The van der Waals surface area contributed by atoms with E-state index in [9.17, 15) is 19.2 Å². The smallest absolute Gasteiger partial charge is 0.336 e. The van der Waals surface area contributed by atoms with E-state index >= 15 is 0 Å². The molecular weight excluding hydrogens is 580 g/mol. The van der Waals surface area contributed by atoms with Crippen molar-refractivity contribution in [1.82, 2.24) is 0 Å². The van der Waals surface area contributed by atoms with Gasteiger partial charge in [0.25, 0.3) is 0 Å². The summed E-state index contributed by atoms with van der Waals surface area (Å²) in [7, 11) is 0. The van der Waals surface area contributed by atoms with Crippen LogP contribution in [0.2, 0.25) is 0 Å². The van der Waals surface area contributed by atoms with Crippen LogP contribution in [0.3, 0.4) is 0 Å². The monoisotopic (exact) mass is 602 g/mol. The van der Waals surface area contributed by atoms with E-state index < -0.39 is 23.9 Å². The van der Waals surface area contributed by atoms with Crippen molar-refractivity contribution < 1.29 is 65.8 Å². The van der Waals surface area contributed by atoms with E-state index in [0.29, 0.717) is 11.1 Å². The molecular formula is C30H24O8Zr. The number of benzene rings is 4. The van der Waals surface area contributed by atoms with Crippen molar-refractivity contribution in [3.63, 3.8) is 0 Å². The van der Waals surface area contributed by atoms with E-state index in [1.54, 1.807) is 12.1 Å². The van der Waals surface area contributed by atoms with Crippen molar-refractivity contribution >= 4 is 23.9 Å². The first kappa shape index (κ1) is 30.9. The van der Waals surface area contributed by atoms with Gasteiger partial charge >= 0.3 is 23.9 Å². The van der Waals surface area contributed by atoms with Gasteiger partial charge in [-0.25, -0.2) is 19.2 Å². The molecule has 4 aromatic rings. The largest absolute Gasteiger partial charge is 0.478 e. The number of rotatable bonds is 6. The summed E-state index contributed by atoms with van der Waals surface area (Å²) in [5, 5.41) is 36.0. The Bertz CT molecular complexity index is 1410. The van der Waals surface area contributed by atoms with Gasteiger partial charge < -0.3 is 20.4 Å². The maximum atomic E-state index is 11.1. The molecule has 0 bridgehead atoms. The standard InChI is InChI=1S/2C15H12O4.Zr/c2*1-9-2-4-10(5-3-9)11-6-7-12(14(16)17)13(8-11)15(18)19;/h2*2-8H,1H3,(H,16,17)(H,18,19);. The van der Waals surface area contributed by atoms with Crippen LogP contribution in [-0.4, -0.2) is 44.3 Å². The minimum absolute atomic E-state index is 0. The summed E-state index contributed by atoms with van der Waals surface area (Å²) in [5.41, 5.74) is 4.46. The summed E-state index contributed by atoms with van der Waals surface area (Å²) in [4.78, 5) is 44.1. The molecule has 0 aliphatic carbocycles. The molecule has 0 saturated carbocycles. The maximum absolute atomic E-state index is 11.1. The zero-order valence-electron chi connectivity index (χ0n) is 21.0. The van der Waals surface area contributed by atoms with E-state index in [0.717, 1.165) is 22.3 Å². The predicted molar refractivity (Wildman–Crippen MR) is 141 cm³/mol. The van der Waals surface area contributed by atoms with Crippen molar-refractivity contribution in [1.29, 1.82) is 0 Å². The molecule has 0 fully saturated rings. The molecule has 0 heterocycles. The summed E-state index contributed by atoms with van der Waals surface area (Å²) in [5.74, 6) is -4.97. The van der Waals surface area contributed by atoms with Crippen LogP contribution in [0, 0.1) is 13.8 Å². The van der Waals surface area contributed by atoms with Crippen LogP contribution in [-0.2, 0) is 26.2 Å². The molecule has 0 atom stereocenters. The zero-order valence-corrected chi connectivity index (χ0v) is 23.5. The summed E-state index contributed by atoms with van der Waals surface area (Å²) >= 11 is 0. The molecule has 196 valence electrons. The summed E-state index contributed by atoms with van der Waals surface area (Å²) < 4.78 is 0. The zero-order chi connectivity index (χ0) is 28.0. The van der Waals surface area contributed by atoms with Gasteiger partial charge in [-0.1, -0.05) is 71.8 Å². The van der Waals surface area contributed by atoms with E-state index in [-0.39, 0.29) is 48.5 Å². The Labute approximate surface area is 243 Å². The molecule has 39 heavy (non-hydrogen) atoms. The molecule has 0 aromatic heterocycles. The van der Waals surface area contributed by atoms with Crippen LogP contribution in [0.5, 0.6) is 0 Å². The molecule has 4 rings (SSSR count). The molecule has 0 unspecified atom stereocenters. The fraction of sp³-hybridized carbons (Fsp3) is 0.0667. The second kappa shape index (κ2) is 13.4. The third-order valence-corrected chi connectivity index (χ3v) is 5.73. The number of carboxylic acids is 4. The number of hydrogen-bond donors (Lipinski definition) is 4. The normalized spacial score (nSPS) is 9.90. The van der Waals surface area contributed by atoms with Gasteiger partial charge in [0.15, 0.2) is 0 Å². The van der Waals surface area contributed by atoms with Crippen molar-refractivity contribution in [3.8, 4) is 22.3 Å². The van der Waals surface area contributed by atoms with Gasteiger partial charge in [0.1, 0.15) is 0 Å². The first-order valence-electron chi connectivity index (χ1n) is 11.3. The van der Waals surface area contributed by atoms with Crippen LogP contribution in [0.1, 0.15) is 52.6 Å². The predicted octanol–water partition coefficient (Wildman–Crippen LogP) is 6.11. The fourth-order valence-corrected chi connectivity index (χ4v) is 3.67. The third kappa shape index (κ3) is 7.82. The number of carboxylic acid groups (broad SMARTS) is 4. The van der Waals surface area contributed by atoms with Crippen LogP contribution in [0.4, 0.5) is 0 Å². The molecule has 4 aromatic carbocycles. The number of aryl methyl sites for hydroxylation is 2. The SMILES string of the molecule is Cc1ccc(-c2ccc(C(=O)O)c(C(=O)O)c2)cc1.Cc1ccc(-c2ccc(C(=O)O)c(C(=O)O)c2)cc1.[Zr]. The molecule has 0 radical (unpaired) electrons. The molecule has 4 N–H and O–H groups in total. The van der Waals surface area contributed by atoms with Crippen LogP contribution in [0.15, 0.2) is 84.9 Å². The van der Waals surface area contributed by atoms with Crippen LogP contribution >= 0.6 is 0 Å². The molecule has 0 spiro atoms. The summed E-state index contributed by atoms with van der Waals surface area (Å²) in [6.45, 7) is 3.92. The fourth-order valence-electron chi connectivity index (χ4n) is 3.67. The molecule has 0 aliphatic rings. The first-order chi connectivity index (χ1) is 18.0. The van der Waals surface area contributed by atoms with Gasteiger partial charge in [0.05, 0.1) is 22.3 Å². The summed E-state index contributed by atoms with van der Waals surface area (Å²) in [6.07, 6.45) is 0. The van der Waals surface area contributed by atoms with E-state index in [4.69, 9.17) is 20.4 Å². The molecule has 0 amide bonds. The van der Waals surface area contributed by atoms with Crippen molar-refractivity contribution in [2.45, 2.75) is 13.8 Å². The maximum Gasteiger partial charge on any atom is 0.336 e. The average molecular weight is 604 g/mol. The van der Waals surface area contributed by atoms with Gasteiger partial charge in [-0.2, -0.15) is 0 Å². The van der Waals surface area contributed by atoms with Gasteiger partial charge in [-0.05, 0) is 60.4 Å². The van der Waals surface area contributed by atoms with Crippen molar-refractivity contribution in [3.05, 3.63) is 118 Å².